The molecule has 2 aliphatic rings. The van der Waals surface area contributed by atoms with Gasteiger partial charge in [0.25, 0.3) is 0 Å². The fraction of sp³-hybridized carbons (Fsp3) is 0.381. The lowest BCUT2D eigenvalue weighted by molar-refractivity contribution is 0.0106. The van der Waals surface area contributed by atoms with Gasteiger partial charge in [-0.1, -0.05) is 60.7 Å². The van der Waals surface area contributed by atoms with Crippen LogP contribution in [0.15, 0.2) is 60.7 Å². The molecule has 1 atom stereocenters. The van der Waals surface area contributed by atoms with Crippen molar-refractivity contribution in [1.82, 2.24) is 14.7 Å². The molecule has 0 amide bonds. The van der Waals surface area contributed by atoms with Gasteiger partial charge >= 0.3 is 0 Å². The minimum atomic E-state index is 0.452. The highest BCUT2D eigenvalue weighted by Crippen LogP contribution is 2.26. The summed E-state index contributed by atoms with van der Waals surface area (Å²) in [6, 6.07) is 21.4. The van der Waals surface area contributed by atoms with Gasteiger partial charge in [0.1, 0.15) is 0 Å². The van der Waals surface area contributed by atoms with Gasteiger partial charge < -0.3 is 9.80 Å². The van der Waals surface area contributed by atoms with Crippen LogP contribution in [-0.2, 0) is 13.1 Å². The predicted molar refractivity (Wildman–Crippen MR) is 106 cm³/mol. The summed E-state index contributed by atoms with van der Waals surface area (Å²) < 4.78 is 0. The van der Waals surface area contributed by atoms with Crippen molar-refractivity contribution >= 4 is 17.3 Å². The summed E-state index contributed by atoms with van der Waals surface area (Å²) in [5, 5.41) is 1.03. The summed E-state index contributed by atoms with van der Waals surface area (Å²) in [5.41, 5.74) is 2.73. The van der Waals surface area contributed by atoms with E-state index in [0.717, 1.165) is 44.3 Å². The van der Waals surface area contributed by atoms with Crippen LogP contribution in [0.1, 0.15) is 24.0 Å². The van der Waals surface area contributed by atoms with Crippen molar-refractivity contribution in [2.45, 2.75) is 32.1 Å². The van der Waals surface area contributed by atoms with Crippen molar-refractivity contribution in [2.75, 3.05) is 19.6 Å². The van der Waals surface area contributed by atoms with Gasteiger partial charge in [0.15, 0.2) is 5.11 Å². The first-order valence-corrected chi connectivity index (χ1v) is 9.59. The Bertz CT molecular complexity index is 704. The predicted octanol–water partition coefficient (Wildman–Crippen LogP) is 3.71. The third kappa shape index (κ3) is 3.70. The normalized spacial score (nSPS) is 21.3. The van der Waals surface area contributed by atoms with Crippen molar-refractivity contribution in [2.24, 2.45) is 0 Å². The average molecular weight is 352 g/mol. The standard InChI is InChI=1S/C21H25N3S/c25-21-23(17-19-10-5-2-6-11-19)15-12-20-22(13-7-14-24(20)21)16-18-8-3-1-4-9-18/h1-6,8-11,20H,7,12-17H2. The number of rotatable bonds is 4. The molecule has 2 heterocycles. The second-order valence-electron chi connectivity index (χ2n) is 6.96. The Morgan fingerprint density at radius 3 is 2.12 bits per heavy atom. The summed E-state index contributed by atoms with van der Waals surface area (Å²) in [7, 11) is 0. The third-order valence-corrected chi connectivity index (χ3v) is 5.74. The molecule has 2 aromatic carbocycles. The maximum absolute atomic E-state index is 5.87. The molecule has 25 heavy (non-hydrogen) atoms. The number of thiocarbonyl (C=S) groups is 1. The van der Waals surface area contributed by atoms with Gasteiger partial charge in [-0.15, -0.1) is 0 Å². The molecule has 0 bridgehead atoms. The maximum atomic E-state index is 5.87. The van der Waals surface area contributed by atoms with Crippen molar-refractivity contribution in [3.8, 4) is 0 Å². The van der Waals surface area contributed by atoms with Crippen molar-refractivity contribution in [1.29, 1.82) is 0 Å². The Hall–Kier alpha value is -1.91. The molecule has 2 aromatic rings. The number of nitrogens with zero attached hydrogens (tertiary/aromatic N) is 3. The third-order valence-electron chi connectivity index (χ3n) is 5.24. The molecule has 0 spiro atoms. The lowest BCUT2D eigenvalue weighted by atomic mass is 10.1. The maximum Gasteiger partial charge on any atom is 0.173 e. The van der Waals surface area contributed by atoms with E-state index in [4.69, 9.17) is 12.2 Å². The molecule has 4 rings (SSSR count). The van der Waals surface area contributed by atoms with E-state index in [-0.39, 0.29) is 0 Å². The molecule has 0 saturated carbocycles. The zero-order chi connectivity index (χ0) is 17.1. The molecule has 3 nitrogen and oxygen atoms in total. The smallest absolute Gasteiger partial charge is 0.173 e. The first kappa shape index (κ1) is 16.6. The van der Waals surface area contributed by atoms with Crippen LogP contribution in [0.4, 0.5) is 0 Å². The van der Waals surface area contributed by atoms with Crippen molar-refractivity contribution in [3.63, 3.8) is 0 Å². The van der Waals surface area contributed by atoms with Crippen molar-refractivity contribution < 1.29 is 0 Å². The van der Waals surface area contributed by atoms with E-state index in [1.807, 2.05) is 0 Å². The number of fused-ring (bicyclic) bond motifs is 1. The number of benzene rings is 2. The Labute approximate surface area is 155 Å². The second kappa shape index (κ2) is 7.54. The summed E-state index contributed by atoms with van der Waals surface area (Å²) in [5.74, 6) is 0. The molecule has 4 heteroatoms. The van der Waals surface area contributed by atoms with Crippen LogP contribution in [0, 0.1) is 0 Å². The van der Waals surface area contributed by atoms with E-state index in [9.17, 15) is 0 Å². The first-order chi connectivity index (χ1) is 12.3. The topological polar surface area (TPSA) is 9.72 Å². The summed E-state index contributed by atoms with van der Waals surface area (Å²) in [4.78, 5) is 7.42. The first-order valence-electron chi connectivity index (χ1n) is 9.19. The van der Waals surface area contributed by atoms with E-state index < -0.39 is 0 Å². The second-order valence-corrected chi connectivity index (χ2v) is 7.33. The summed E-state index contributed by atoms with van der Waals surface area (Å²) in [6.07, 6.45) is 2.79. The molecule has 0 radical (unpaired) electrons. The van der Waals surface area contributed by atoms with Gasteiger partial charge in [0, 0.05) is 32.7 Å². The molecule has 2 aliphatic heterocycles. The lowest BCUT2D eigenvalue weighted by Gasteiger charge is -2.51. The summed E-state index contributed by atoms with van der Waals surface area (Å²) in [6.45, 7) is 5.22. The van der Waals surface area contributed by atoms with Gasteiger partial charge in [-0.2, -0.15) is 0 Å². The quantitative estimate of drug-likeness (QED) is 0.777. The van der Waals surface area contributed by atoms with Crippen LogP contribution in [0.2, 0.25) is 0 Å². The molecule has 130 valence electrons. The monoisotopic (exact) mass is 351 g/mol. The molecule has 1 unspecified atom stereocenters. The van der Waals surface area contributed by atoms with Crippen LogP contribution < -0.4 is 0 Å². The van der Waals surface area contributed by atoms with Gasteiger partial charge in [-0.3, -0.25) is 4.90 Å². The highest BCUT2D eigenvalue weighted by Gasteiger charge is 2.36. The van der Waals surface area contributed by atoms with Crippen LogP contribution >= 0.6 is 12.2 Å². The molecule has 0 aromatic heterocycles. The van der Waals surface area contributed by atoms with Gasteiger partial charge in [0.05, 0.1) is 6.17 Å². The molecule has 0 N–H and O–H groups in total. The Morgan fingerprint density at radius 1 is 0.800 bits per heavy atom. The molecule has 2 fully saturated rings. The van der Waals surface area contributed by atoms with Crippen LogP contribution in [0.3, 0.4) is 0 Å². The highest BCUT2D eigenvalue weighted by atomic mass is 32.1. The van der Waals surface area contributed by atoms with E-state index in [2.05, 4.69) is 75.4 Å². The van der Waals surface area contributed by atoms with E-state index in [1.54, 1.807) is 0 Å². The molecule has 2 saturated heterocycles. The van der Waals surface area contributed by atoms with E-state index >= 15 is 0 Å². The van der Waals surface area contributed by atoms with E-state index in [0.29, 0.717) is 6.17 Å². The number of hydrogen-bond donors (Lipinski definition) is 0. The minimum Gasteiger partial charge on any atom is -0.345 e. The zero-order valence-electron chi connectivity index (χ0n) is 14.6. The minimum absolute atomic E-state index is 0.452. The van der Waals surface area contributed by atoms with Crippen LogP contribution in [0.25, 0.3) is 0 Å². The Kier molecular flexibility index (Phi) is 4.99. The fourth-order valence-corrected chi connectivity index (χ4v) is 4.37. The highest BCUT2D eigenvalue weighted by molar-refractivity contribution is 7.80. The van der Waals surface area contributed by atoms with Crippen LogP contribution in [-0.4, -0.2) is 45.6 Å². The number of hydrogen-bond acceptors (Lipinski definition) is 2. The average Bonchev–Trinajstić information content (AvgIpc) is 2.66. The zero-order valence-corrected chi connectivity index (χ0v) is 15.4. The lowest BCUT2D eigenvalue weighted by Crippen LogP contribution is -2.62. The summed E-state index contributed by atoms with van der Waals surface area (Å²) >= 11 is 5.87. The SMILES string of the molecule is S=C1N(Cc2ccccc2)CCC2N(Cc3ccccc3)CCCN12. The molecular weight excluding hydrogens is 326 g/mol. The Balaban J connectivity index is 1.44. The van der Waals surface area contributed by atoms with Gasteiger partial charge in [-0.05, 0) is 36.2 Å². The molecule has 0 aliphatic carbocycles. The van der Waals surface area contributed by atoms with Crippen molar-refractivity contribution in [3.05, 3.63) is 71.8 Å². The largest absolute Gasteiger partial charge is 0.345 e. The van der Waals surface area contributed by atoms with Gasteiger partial charge in [0.2, 0.25) is 0 Å². The fourth-order valence-electron chi connectivity index (χ4n) is 4.00. The van der Waals surface area contributed by atoms with Crippen LogP contribution in [0.5, 0.6) is 0 Å². The van der Waals surface area contributed by atoms with Gasteiger partial charge in [-0.25, -0.2) is 0 Å². The molecular formula is C21H25N3S. The Morgan fingerprint density at radius 2 is 1.44 bits per heavy atom. The van der Waals surface area contributed by atoms with E-state index in [1.165, 1.54) is 17.5 Å².